The molecule has 1 saturated heterocycles. The zero-order valence-electron chi connectivity index (χ0n) is 18.1. The van der Waals surface area contributed by atoms with E-state index in [9.17, 15) is 9.18 Å². The largest absolute Gasteiger partial charge is 0.320 e. The Bertz CT molecular complexity index is 1200. The molecule has 2 aromatic heterocycles. The van der Waals surface area contributed by atoms with Gasteiger partial charge in [0, 0.05) is 35.3 Å². The van der Waals surface area contributed by atoms with Crippen LogP contribution in [0.15, 0.2) is 54.7 Å². The fourth-order valence-corrected chi connectivity index (χ4v) is 4.38. The van der Waals surface area contributed by atoms with Gasteiger partial charge in [-0.1, -0.05) is 59.1 Å². The summed E-state index contributed by atoms with van der Waals surface area (Å²) in [5.74, 6) is -1.05. The normalized spacial score (nSPS) is 15.1. The van der Waals surface area contributed by atoms with Crippen molar-refractivity contribution in [3.63, 3.8) is 0 Å². The fourth-order valence-electron chi connectivity index (χ4n) is 3.93. The molecule has 3 heterocycles. The van der Waals surface area contributed by atoms with Crippen molar-refractivity contribution in [2.45, 2.75) is 18.8 Å². The lowest BCUT2D eigenvalue weighted by Gasteiger charge is -2.31. The predicted octanol–water partition coefficient (Wildman–Crippen LogP) is 6.72. The Hall–Kier alpha value is -2.51. The minimum absolute atomic E-state index is 0.0472. The number of aromatic nitrogens is 2. The van der Waals surface area contributed by atoms with Gasteiger partial charge in [-0.2, -0.15) is 0 Å². The second-order valence-electron chi connectivity index (χ2n) is 8.04. The number of rotatable bonds is 6. The lowest BCUT2D eigenvalue weighted by molar-refractivity contribution is 0.102. The molecule has 1 fully saturated rings. The van der Waals surface area contributed by atoms with Crippen LogP contribution in [0, 0.1) is 5.82 Å². The van der Waals surface area contributed by atoms with E-state index in [4.69, 9.17) is 34.8 Å². The van der Waals surface area contributed by atoms with Crippen molar-refractivity contribution in [3.05, 3.63) is 92.7 Å². The van der Waals surface area contributed by atoms with E-state index in [1.165, 1.54) is 24.4 Å². The van der Waals surface area contributed by atoms with Crippen LogP contribution in [0.5, 0.6) is 0 Å². The van der Waals surface area contributed by atoms with E-state index in [-0.39, 0.29) is 16.2 Å². The van der Waals surface area contributed by atoms with Crippen molar-refractivity contribution in [1.82, 2.24) is 14.9 Å². The highest BCUT2D eigenvalue weighted by molar-refractivity contribution is 6.30. The SMILES string of the molecule is O=C(Nc1cc(F)c(Cl)nc1C1CCN(C/C=C/c2ccc(Cl)cc2)CC1)c1ccnc(Cl)c1. The molecule has 0 saturated carbocycles. The first kappa shape index (κ1) is 24.6. The summed E-state index contributed by atoms with van der Waals surface area (Å²) < 4.78 is 14.2. The Balaban J connectivity index is 1.41. The van der Waals surface area contributed by atoms with E-state index in [0.29, 0.717) is 22.0 Å². The molecule has 9 heteroatoms. The van der Waals surface area contributed by atoms with Gasteiger partial charge in [-0.15, -0.1) is 0 Å². The molecule has 1 aliphatic rings. The molecule has 1 amide bonds. The van der Waals surface area contributed by atoms with E-state index >= 15 is 0 Å². The minimum Gasteiger partial charge on any atom is -0.320 e. The lowest BCUT2D eigenvalue weighted by atomic mass is 9.92. The maximum atomic E-state index is 14.2. The molecule has 0 radical (unpaired) electrons. The molecule has 1 aromatic carbocycles. The summed E-state index contributed by atoms with van der Waals surface area (Å²) >= 11 is 17.8. The zero-order chi connectivity index (χ0) is 24.1. The third kappa shape index (κ3) is 6.33. The second kappa shape index (κ2) is 11.3. The molecular formula is C25H22Cl3FN4O. The van der Waals surface area contributed by atoms with E-state index in [1.54, 1.807) is 0 Å². The van der Waals surface area contributed by atoms with Crippen molar-refractivity contribution >= 4 is 52.5 Å². The number of pyridine rings is 2. The molecule has 176 valence electrons. The van der Waals surface area contributed by atoms with Crippen molar-refractivity contribution in [2.75, 3.05) is 25.0 Å². The molecule has 34 heavy (non-hydrogen) atoms. The number of halogens is 4. The van der Waals surface area contributed by atoms with Gasteiger partial charge >= 0.3 is 0 Å². The Labute approximate surface area is 212 Å². The van der Waals surface area contributed by atoms with Crippen molar-refractivity contribution in [3.8, 4) is 0 Å². The summed E-state index contributed by atoms with van der Waals surface area (Å²) in [7, 11) is 0. The van der Waals surface area contributed by atoms with E-state index < -0.39 is 11.7 Å². The molecule has 3 aromatic rings. The summed E-state index contributed by atoms with van der Waals surface area (Å²) in [6.07, 6.45) is 7.27. The van der Waals surface area contributed by atoms with Crippen molar-refractivity contribution in [1.29, 1.82) is 0 Å². The maximum absolute atomic E-state index is 14.2. The van der Waals surface area contributed by atoms with Crippen LogP contribution in [0.2, 0.25) is 15.3 Å². The highest BCUT2D eigenvalue weighted by atomic mass is 35.5. The Morgan fingerprint density at radius 2 is 1.85 bits per heavy atom. The van der Waals surface area contributed by atoms with Crippen LogP contribution in [0.3, 0.4) is 0 Å². The number of benzene rings is 1. The Morgan fingerprint density at radius 1 is 1.12 bits per heavy atom. The van der Waals surface area contributed by atoms with Gasteiger partial charge in [-0.25, -0.2) is 14.4 Å². The number of hydrogen-bond donors (Lipinski definition) is 1. The van der Waals surface area contributed by atoms with Gasteiger partial charge in [-0.3, -0.25) is 9.69 Å². The van der Waals surface area contributed by atoms with Gasteiger partial charge in [-0.05, 0) is 55.8 Å². The minimum atomic E-state index is -0.682. The lowest BCUT2D eigenvalue weighted by Crippen LogP contribution is -2.33. The van der Waals surface area contributed by atoms with Gasteiger partial charge in [0.05, 0.1) is 11.4 Å². The number of likely N-dealkylation sites (tertiary alicyclic amines) is 1. The first-order valence-corrected chi connectivity index (χ1v) is 12.0. The van der Waals surface area contributed by atoms with Gasteiger partial charge in [0.15, 0.2) is 11.0 Å². The molecule has 0 bridgehead atoms. The Kier molecular flexibility index (Phi) is 8.16. The standard InChI is InChI=1S/C25H22Cl3FN4O/c26-19-5-3-16(4-6-19)2-1-11-33-12-8-17(9-13-33)23-21(15-20(29)24(28)32-23)31-25(34)18-7-10-30-22(27)14-18/h1-7,10,14-15,17H,8-9,11-13H2,(H,31,34)/b2-1+. The Morgan fingerprint density at radius 3 is 2.56 bits per heavy atom. The molecule has 1 N–H and O–H groups in total. The summed E-state index contributed by atoms with van der Waals surface area (Å²) in [5, 5.41) is 3.48. The molecule has 0 unspecified atom stereocenters. The predicted molar refractivity (Wildman–Crippen MR) is 135 cm³/mol. The summed E-state index contributed by atoms with van der Waals surface area (Å²) in [5.41, 5.74) is 2.33. The number of nitrogens with one attached hydrogen (secondary N) is 1. The first-order valence-electron chi connectivity index (χ1n) is 10.8. The van der Waals surface area contributed by atoms with Crippen LogP contribution in [0.25, 0.3) is 6.08 Å². The quantitative estimate of drug-likeness (QED) is 0.367. The number of anilines is 1. The molecular weight excluding hydrogens is 498 g/mol. The number of piperidine rings is 1. The smallest absolute Gasteiger partial charge is 0.255 e. The summed E-state index contributed by atoms with van der Waals surface area (Å²) in [6.45, 7) is 2.51. The number of nitrogens with zero attached hydrogens (tertiary/aromatic N) is 3. The van der Waals surface area contributed by atoms with Crippen LogP contribution in [-0.2, 0) is 0 Å². The van der Waals surface area contributed by atoms with Crippen LogP contribution < -0.4 is 5.32 Å². The van der Waals surface area contributed by atoms with Gasteiger partial charge in [0.1, 0.15) is 5.15 Å². The summed E-state index contributed by atoms with van der Waals surface area (Å²) in [4.78, 5) is 23.2. The highest BCUT2D eigenvalue weighted by Gasteiger charge is 2.25. The van der Waals surface area contributed by atoms with E-state index in [2.05, 4.69) is 32.3 Å². The van der Waals surface area contributed by atoms with Crippen LogP contribution >= 0.6 is 34.8 Å². The molecule has 5 nitrogen and oxygen atoms in total. The fraction of sp³-hybridized carbons (Fsp3) is 0.240. The number of carbonyl (C=O) groups excluding carboxylic acids is 1. The molecule has 0 spiro atoms. The molecule has 0 aliphatic carbocycles. The average Bonchev–Trinajstić information content (AvgIpc) is 2.83. The number of carbonyl (C=O) groups is 1. The van der Waals surface area contributed by atoms with Crippen molar-refractivity contribution in [2.24, 2.45) is 0 Å². The third-order valence-corrected chi connectivity index (χ3v) is 6.44. The van der Waals surface area contributed by atoms with Crippen LogP contribution in [0.1, 0.15) is 40.4 Å². The zero-order valence-corrected chi connectivity index (χ0v) is 20.4. The molecule has 0 atom stereocenters. The number of hydrogen-bond acceptors (Lipinski definition) is 4. The van der Waals surface area contributed by atoms with Crippen LogP contribution in [-0.4, -0.2) is 40.4 Å². The second-order valence-corrected chi connectivity index (χ2v) is 9.23. The monoisotopic (exact) mass is 518 g/mol. The van der Waals surface area contributed by atoms with Gasteiger partial charge < -0.3 is 5.32 Å². The summed E-state index contributed by atoms with van der Waals surface area (Å²) in [6, 6.07) is 11.9. The van der Waals surface area contributed by atoms with E-state index in [0.717, 1.165) is 38.0 Å². The highest BCUT2D eigenvalue weighted by Crippen LogP contribution is 2.34. The third-order valence-electron chi connectivity index (χ3n) is 5.72. The first-order chi connectivity index (χ1) is 16.4. The maximum Gasteiger partial charge on any atom is 0.255 e. The van der Waals surface area contributed by atoms with E-state index in [1.807, 2.05) is 24.3 Å². The average molecular weight is 520 g/mol. The van der Waals surface area contributed by atoms with Gasteiger partial charge in [0.25, 0.3) is 5.91 Å². The van der Waals surface area contributed by atoms with Crippen LogP contribution in [0.4, 0.5) is 10.1 Å². The van der Waals surface area contributed by atoms with Gasteiger partial charge in [0.2, 0.25) is 0 Å². The topological polar surface area (TPSA) is 58.1 Å². The molecule has 1 aliphatic heterocycles. The molecule has 4 rings (SSSR count). The number of amides is 1. The van der Waals surface area contributed by atoms with Crippen molar-refractivity contribution < 1.29 is 9.18 Å².